The zero-order valence-corrected chi connectivity index (χ0v) is 16.2. The van der Waals surface area contributed by atoms with Crippen LogP contribution < -0.4 is 4.72 Å². The highest BCUT2D eigenvalue weighted by Crippen LogP contribution is 2.37. The van der Waals surface area contributed by atoms with Gasteiger partial charge in [0.05, 0.1) is 6.26 Å². The van der Waals surface area contributed by atoms with Gasteiger partial charge < -0.3 is 4.90 Å². The Balaban J connectivity index is 2.11. The van der Waals surface area contributed by atoms with E-state index >= 15 is 0 Å². The summed E-state index contributed by atoms with van der Waals surface area (Å²) in [5, 5.41) is 0.426. The first-order chi connectivity index (χ1) is 13.0. The smallest absolute Gasteiger partial charge is 0.330 e. The second-order valence-electron chi connectivity index (χ2n) is 6.49. The third-order valence-corrected chi connectivity index (χ3v) is 5.27. The lowest BCUT2D eigenvalue weighted by molar-refractivity contribution is -0.186. The number of carbonyl (C=O) groups excluding carboxylic acids is 1. The lowest BCUT2D eigenvalue weighted by atomic mass is 9.90. The van der Waals surface area contributed by atoms with Crippen molar-refractivity contribution in [1.29, 1.82) is 0 Å². The van der Waals surface area contributed by atoms with E-state index in [2.05, 4.69) is 4.72 Å². The molecule has 0 unspecified atom stereocenters. The Morgan fingerprint density at radius 1 is 1.18 bits per heavy atom. The molecule has 10 heteroatoms. The van der Waals surface area contributed by atoms with Crippen LogP contribution in [0.25, 0.3) is 11.1 Å². The molecule has 0 aliphatic carbocycles. The number of amides is 1. The van der Waals surface area contributed by atoms with Gasteiger partial charge in [-0.2, -0.15) is 13.2 Å². The van der Waals surface area contributed by atoms with Crippen LogP contribution in [0.3, 0.4) is 0 Å². The van der Waals surface area contributed by atoms with Crippen molar-refractivity contribution in [3.05, 3.63) is 52.5 Å². The van der Waals surface area contributed by atoms with Crippen molar-refractivity contribution >= 4 is 33.2 Å². The normalized spacial score (nSPS) is 14.5. The summed E-state index contributed by atoms with van der Waals surface area (Å²) in [4.78, 5) is 12.3. The number of hydrogen-bond acceptors (Lipinski definition) is 3. The van der Waals surface area contributed by atoms with E-state index in [4.69, 9.17) is 11.6 Å². The van der Waals surface area contributed by atoms with E-state index in [0.29, 0.717) is 26.6 Å². The third kappa shape index (κ3) is 4.41. The monoisotopic (exact) mass is 432 g/mol. The Morgan fingerprint density at radius 3 is 2.46 bits per heavy atom. The molecule has 1 aliphatic rings. The molecule has 1 amide bonds. The number of alkyl halides is 3. The summed E-state index contributed by atoms with van der Waals surface area (Å²) >= 11 is 6.27. The molecule has 1 aliphatic heterocycles. The summed E-state index contributed by atoms with van der Waals surface area (Å²) < 4.78 is 64.0. The zero-order valence-electron chi connectivity index (χ0n) is 14.7. The van der Waals surface area contributed by atoms with Crippen molar-refractivity contribution in [2.75, 3.05) is 17.5 Å². The largest absolute Gasteiger partial charge is 0.471 e. The van der Waals surface area contributed by atoms with Gasteiger partial charge in [0, 0.05) is 29.4 Å². The predicted molar refractivity (Wildman–Crippen MR) is 101 cm³/mol. The highest BCUT2D eigenvalue weighted by molar-refractivity contribution is 7.92. The maximum Gasteiger partial charge on any atom is 0.471 e. The maximum absolute atomic E-state index is 12.8. The summed E-state index contributed by atoms with van der Waals surface area (Å²) in [5.74, 6) is -1.92. The fourth-order valence-electron chi connectivity index (χ4n) is 3.25. The molecule has 0 fully saturated rings. The number of fused-ring (bicyclic) bond motifs is 1. The molecule has 5 nitrogen and oxygen atoms in total. The Morgan fingerprint density at radius 2 is 1.86 bits per heavy atom. The van der Waals surface area contributed by atoms with Gasteiger partial charge in [0.15, 0.2) is 0 Å². The number of carbonyl (C=O) groups is 1. The minimum Gasteiger partial charge on any atom is -0.330 e. The van der Waals surface area contributed by atoms with Crippen molar-refractivity contribution in [2.24, 2.45) is 0 Å². The van der Waals surface area contributed by atoms with Crippen LogP contribution in [-0.2, 0) is 27.8 Å². The zero-order chi connectivity index (χ0) is 20.7. The van der Waals surface area contributed by atoms with Crippen molar-refractivity contribution in [3.8, 4) is 11.1 Å². The number of benzene rings is 2. The highest BCUT2D eigenvalue weighted by atomic mass is 35.5. The van der Waals surface area contributed by atoms with Crippen LogP contribution >= 0.6 is 11.6 Å². The average Bonchev–Trinajstić information content (AvgIpc) is 2.58. The van der Waals surface area contributed by atoms with Gasteiger partial charge in [-0.1, -0.05) is 29.8 Å². The average molecular weight is 433 g/mol. The van der Waals surface area contributed by atoms with Crippen LogP contribution in [0.15, 0.2) is 36.4 Å². The number of halogens is 4. The van der Waals surface area contributed by atoms with E-state index in [-0.39, 0.29) is 25.2 Å². The second-order valence-corrected chi connectivity index (χ2v) is 8.65. The second kappa shape index (κ2) is 7.29. The molecule has 1 heterocycles. The van der Waals surface area contributed by atoms with E-state index in [0.717, 1.165) is 11.8 Å². The van der Waals surface area contributed by atoms with Gasteiger partial charge in [-0.25, -0.2) is 8.42 Å². The van der Waals surface area contributed by atoms with Crippen LogP contribution in [0.2, 0.25) is 5.02 Å². The van der Waals surface area contributed by atoms with E-state index in [1.807, 2.05) is 0 Å². The fraction of sp³-hybridized carbons (Fsp3) is 0.278. The summed E-state index contributed by atoms with van der Waals surface area (Å²) in [6.07, 6.45) is -3.80. The maximum atomic E-state index is 12.8. The van der Waals surface area contributed by atoms with E-state index in [9.17, 15) is 26.4 Å². The molecule has 0 radical (unpaired) electrons. The van der Waals surface area contributed by atoms with Crippen molar-refractivity contribution < 1.29 is 26.4 Å². The molecule has 0 bridgehead atoms. The fourth-order valence-corrected chi connectivity index (χ4v) is 4.03. The molecule has 0 saturated carbocycles. The van der Waals surface area contributed by atoms with Crippen LogP contribution in [-0.4, -0.2) is 38.2 Å². The molecule has 0 spiro atoms. The molecule has 0 atom stereocenters. The van der Waals surface area contributed by atoms with Crippen molar-refractivity contribution in [1.82, 2.24) is 4.90 Å². The van der Waals surface area contributed by atoms with Gasteiger partial charge in [0.25, 0.3) is 0 Å². The summed E-state index contributed by atoms with van der Waals surface area (Å²) in [7, 11) is -3.61. The molecular formula is C18H16ClF3N2O3S. The SMILES string of the molecule is CS(=O)(=O)Nc1cc2c(c(-c3ccccc3Cl)c1)CCN(C(=O)C(F)(F)F)C2. The number of sulfonamides is 1. The first kappa shape index (κ1) is 20.5. The molecular weight excluding hydrogens is 417 g/mol. The van der Waals surface area contributed by atoms with Crippen LogP contribution in [0.5, 0.6) is 0 Å². The quantitative estimate of drug-likeness (QED) is 0.801. The number of hydrogen-bond donors (Lipinski definition) is 1. The molecule has 0 saturated heterocycles. The Labute approximate surface area is 165 Å². The minimum atomic E-state index is -4.97. The Bertz CT molecular complexity index is 1040. The van der Waals surface area contributed by atoms with E-state index in [1.165, 1.54) is 6.07 Å². The van der Waals surface area contributed by atoms with Gasteiger partial charge in [-0.15, -0.1) is 0 Å². The summed E-state index contributed by atoms with van der Waals surface area (Å²) in [6, 6.07) is 9.96. The molecule has 28 heavy (non-hydrogen) atoms. The number of rotatable bonds is 3. The van der Waals surface area contributed by atoms with Crippen LogP contribution in [0.4, 0.5) is 18.9 Å². The van der Waals surface area contributed by atoms with E-state index < -0.39 is 22.1 Å². The van der Waals surface area contributed by atoms with Crippen LogP contribution in [0, 0.1) is 0 Å². The first-order valence-corrected chi connectivity index (χ1v) is 10.5. The minimum absolute atomic E-state index is 0.0956. The Hall–Kier alpha value is -2.26. The lowest BCUT2D eigenvalue weighted by Crippen LogP contribution is -2.43. The highest BCUT2D eigenvalue weighted by Gasteiger charge is 2.43. The summed E-state index contributed by atoms with van der Waals surface area (Å²) in [5.41, 5.74) is 2.62. The lowest BCUT2D eigenvalue weighted by Gasteiger charge is -2.31. The van der Waals surface area contributed by atoms with Gasteiger partial charge >= 0.3 is 12.1 Å². The molecule has 2 aromatic rings. The van der Waals surface area contributed by atoms with Gasteiger partial charge in [0.1, 0.15) is 0 Å². The molecule has 0 aromatic heterocycles. The molecule has 2 aromatic carbocycles. The number of nitrogens with one attached hydrogen (secondary N) is 1. The Kier molecular flexibility index (Phi) is 5.33. The van der Waals surface area contributed by atoms with Crippen molar-refractivity contribution in [2.45, 2.75) is 19.1 Å². The molecule has 1 N–H and O–H groups in total. The number of nitrogens with zero attached hydrogens (tertiary/aromatic N) is 1. The van der Waals surface area contributed by atoms with E-state index in [1.54, 1.807) is 30.3 Å². The standard InChI is InChI=1S/C18H16ClF3N2O3S/c1-28(26,27)23-12-8-11-10-24(17(25)18(20,21)22)7-6-13(11)15(9-12)14-4-2-3-5-16(14)19/h2-5,8-9,23H,6-7,10H2,1H3. The summed E-state index contributed by atoms with van der Waals surface area (Å²) in [6.45, 7) is -0.369. The predicted octanol–water partition coefficient (Wildman–Crippen LogP) is 3.83. The van der Waals surface area contributed by atoms with Gasteiger partial charge in [0.2, 0.25) is 10.0 Å². The van der Waals surface area contributed by atoms with Crippen molar-refractivity contribution in [3.63, 3.8) is 0 Å². The third-order valence-electron chi connectivity index (χ3n) is 4.33. The topological polar surface area (TPSA) is 66.5 Å². The first-order valence-electron chi connectivity index (χ1n) is 8.20. The molecule has 3 rings (SSSR count). The molecule has 150 valence electrons. The van der Waals surface area contributed by atoms with Gasteiger partial charge in [-0.05, 0) is 41.3 Å². The number of anilines is 1. The van der Waals surface area contributed by atoms with Gasteiger partial charge in [-0.3, -0.25) is 9.52 Å². The van der Waals surface area contributed by atoms with Crippen LogP contribution in [0.1, 0.15) is 11.1 Å².